The minimum atomic E-state index is 0.600. The highest BCUT2D eigenvalue weighted by Crippen LogP contribution is 2.24. The van der Waals surface area contributed by atoms with E-state index in [1.165, 1.54) is 27.8 Å². The summed E-state index contributed by atoms with van der Waals surface area (Å²) in [6.07, 6.45) is 0. The maximum atomic E-state index is 2.25. The zero-order valence-corrected chi connectivity index (χ0v) is 11.1. The molecule has 0 aliphatic heterocycles. The molecule has 0 saturated carbocycles. The maximum Gasteiger partial charge on any atom is -0.0179 e. The van der Waals surface area contributed by atoms with Gasteiger partial charge in [0.05, 0.1) is 0 Å². The highest BCUT2D eigenvalue weighted by atomic mass is 14.1. The van der Waals surface area contributed by atoms with Crippen LogP contribution in [0.3, 0.4) is 0 Å². The van der Waals surface area contributed by atoms with Crippen molar-refractivity contribution in [3.05, 3.63) is 59.2 Å². The van der Waals surface area contributed by atoms with Crippen LogP contribution in [0.5, 0.6) is 0 Å². The number of benzene rings is 2. The van der Waals surface area contributed by atoms with E-state index in [4.69, 9.17) is 0 Å². The second-order valence-electron chi connectivity index (χ2n) is 5.15. The Morgan fingerprint density at radius 3 is 1.71 bits per heavy atom. The Balaban J connectivity index is 2.39. The molecule has 17 heavy (non-hydrogen) atoms. The van der Waals surface area contributed by atoms with Crippen LogP contribution in [0.4, 0.5) is 0 Å². The van der Waals surface area contributed by atoms with Crippen LogP contribution in [0.1, 0.15) is 36.5 Å². The molecule has 0 amide bonds. The third kappa shape index (κ3) is 2.76. The van der Waals surface area contributed by atoms with Crippen LogP contribution in [0, 0.1) is 13.8 Å². The Morgan fingerprint density at radius 1 is 0.706 bits per heavy atom. The number of aryl methyl sites for hydroxylation is 2. The molecule has 2 rings (SSSR count). The fourth-order valence-corrected chi connectivity index (χ4v) is 2.20. The number of hydrogen-bond donors (Lipinski definition) is 0. The van der Waals surface area contributed by atoms with E-state index in [0.717, 1.165) is 0 Å². The van der Waals surface area contributed by atoms with Gasteiger partial charge in [-0.25, -0.2) is 0 Å². The van der Waals surface area contributed by atoms with Gasteiger partial charge in [0.2, 0.25) is 0 Å². The summed E-state index contributed by atoms with van der Waals surface area (Å²) in [5, 5.41) is 0. The Bertz CT molecular complexity index is 484. The predicted molar refractivity (Wildman–Crippen MR) is 75.4 cm³/mol. The molecule has 0 aromatic heterocycles. The zero-order chi connectivity index (χ0) is 12.4. The van der Waals surface area contributed by atoms with Crippen molar-refractivity contribution in [2.24, 2.45) is 0 Å². The standard InChI is InChI=1S/C17H20/c1-12(2)15-5-7-16(8-6-15)17-10-13(3)9-14(4)11-17/h5-12H,1-4H3. The first-order valence-electron chi connectivity index (χ1n) is 6.25. The fraction of sp³-hybridized carbons (Fsp3) is 0.294. The lowest BCUT2D eigenvalue weighted by Gasteiger charge is -2.08. The molecule has 0 nitrogen and oxygen atoms in total. The van der Waals surface area contributed by atoms with E-state index in [9.17, 15) is 0 Å². The van der Waals surface area contributed by atoms with E-state index < -0.39 is 0 Å². The molecule has 0 heterocycles. The van der Waals surface area contributed by atoms with E-state index in [1.807, 2.05) is 0 Å². The highest BCUT2D eigenvalue weighted by Gasteiger charge is 2.02. The minimum absolute atomic E-state index is 0.600. The summed E-state index contributed by atoms with van der Waals surface area (Å²) >= 11 is 0. The van der Waals surface area contributed by atoms with Crippen molar-refractivity contribution in [2.75, 3.05) is 0 Å². The third-order valence-electron chi connectivity index (χ3n) is 3.13. The molecule has 88 valence electrons. The zero-order valence-electron chi connectivity index (χ0n) is 11.1. The summed E-state index contributed by atoms with van der Waals surface area (Å²) in [4.78, 5) is 0. The van der Waals surface area contributed by atoms with Gasteiger partial charge in [0.25, 0.3) is 0 Å². The molecule has 0 atom stereocenters. The quantitative estimate of drug-likeness (QED) is 0.666. The molecule has 0 unspecified atom stereocenters. The first-order valence-corrected chi connectivity index (χ1v) is 6.25. The van der Waals surface area contributed by atoms with Gasteiger partial charge in [-0.05, 0) is 36.5 Å². The summed E-state index contributed by atoms with van der Waals surface area (Å²) in [6.45, 7) is 8.76. The average Bonchev–Trinajstić information content (AvgIpc) is 2.28. The number of hydrogen-bond acceptors (Lipinski definition) is 0. The lowest BCUT2D eigenvalue weighted by molar-refractivity contribution is 0.867. The van der Waals surface area contributed by atoms with Crippen molar-refractivity contribution in [3.63, 3.8) is 0 Å². The second kappa shape index (κ2) is 4.75. The summed E-state index contributed by atoms with van der Waals surface area (Å²) < 4.78 is 0. The normalized spacial score (nSPS) is 10.9. The SMILES string of the molecule is Cc1cc(C)cc(-c2ccc(C(C)C)cc2)c1. The lowest BCUT2D eigenvalue weighted by atomic mass is 9.97. The van der Waals surface area contributed by atoms with Gasteiger partial charge in [-0.3, -0.25) is 0 Å². The summed E-state index contributed by atoms with van der Waals surface area (Å²) in [5.41, 5.74) is 6.68. The topological polar surface area (TPSA) is 0 Å². The van der Waals surface area contributed by atoms with Gasteiger partial charge in [0.1, 0.15) is 0 Å². The van der Waals surface area contributed by atoms with Crippen LogP contribution < -0.4 is 0 Å². The lowest BCUT2D eigenvalue weighted by Crippen LogP contribution is -1.87. The molecular formula is C17H20. The van der Waals surface area contributed by atoms with Gasteiger partial charge in [-0.1, -0.05) is 67.4 Å². The smallest absolute Gasteiger partial charge is 0.0179 e. The molecule has 2 aromatic rings. The Morgan fingerprint density at radius 2 is 1.24 bits per heavy atom. The van der Waals surface area contributed by atoms with E-state index in [2.05, 4.69) is 70.2 Å². The summed E-state index contributed by atoms with van der Waals surface area (Å²) in [5.74, 6) is 0.600. The Labute approximate surface area is 104 Å². The van der Waals surface area contributed by atoms with Crippen LogP contribution in [-0.4, -0.2) is 0 Å². The van der Waals surface area contributed by atoms with Gasteiger partial charge >= 0.3 is 0 Å². The van der Waals surface area contributed by atoms with Gasteiger partial charge < -0.3 is 0 Å². The van der Waals surface area contributed by atoms with E-state index in [1.54, 1.807) is 0 Å². The molecule has 0 heteroatoms. The molecule has 0 aliphatic carbocycles. The van der Waals surface area contributed by atoms with Crippen molar-refractivity contribution in [2.45, 2.75) is 33.6 Å². The van der Waals surface area contributed by atoms with Crippen LogP contribution >= 0.6 is 0 Å². The van der Waals surface area contributed by atoms with Gasteiger partial charge in [0, 0.05) is 0 Å². The van der Waals surface area contributed by atoms with Crippen LogP contribution in [0.25, 0.3) is 11.1 Å². The van der Waals surface area contributed by atoms with E-state index in [-0.39, 0.29) is 0 Å². The average molecular weight is 224 g/mol. The van der Waals surface area contributed by atoms with Crippen molar-refractivity contribution in [3.8, 4) is 11.1 Å². The fourth-order valence-electron chi connectivity index (χ4n) is 2.20. The minimum Gasteiger partial charge on any atom is -0.0587 e. The largest absolute Gasteiger partial charge is 0.0587 e. The summed E-state index contributed by atoms with van der Waals surface area (Å²) in [7, 11) is 0. The molecule has 0 N–H and O–H groups in total. The molecule has 2 aromatic carbocycles. The van der Waals surface area contributed by atoms with Crippen LogP contribution in [0.15, 0.2) is 42.5 Å². The maximum absolute atomic E-state index is 2.25. The molecule has 0 aliphatic rings. The molecule has 0 saturated heterocycles. The van der Waals surface area contributed by atoms with Gasteiger partial charge in [0.15, 0.2) is 0 Å². The van der Waals surface area contributed by atoms with E-state index in [0.29, 0.717) is 5.92 Å². The monoisotopic (exact) mass is 224 g/mol. The molecule has 0 radical (unpaired) electrons. The highest BCUT2D eigenvalue weighted by molar-refractivity contribution is 5.65. The van der Waals surface area contributed by atoms with Crippen molar-refractivity contribution >= 4 is 0 Å². The van der Waals surface area contributed by atoms with Crippen molar-refractivity contribution < 1.29 is 0 Å². The van der Waals surface area contributed by atoms with Crippen LogP contribution in [0.2, 0.25) is 0 Å². The molecule has 0 spiro atoms. The molecule has 0 bridgehead atoms. The van der Waals surface area contributed by atoms with Crippen molar-refractivity contribution in [1.82, 2.24) is 0 Å². The molecular weight excluding hydrogens is 204 g/mol. The first kappa shape index (κ1) is 11.9. The van der Waals surface area contributed by atoms with Gasteiger partial charge in [-0.2, -0.15) is 0 Å². The Kier molecular flexibility index (Phi) is 3.33. The summed E-state index contributed by atoms with van der Waals surface area (Å²) in [6, 6.07) is 15.6. The third-order valence-corrected chi connectivity index (χ3v) is 3.13. The van der Waals surface area contributed by atoms with Crippen molar-refractivity contribution in [1.29, 1.82) is 0 Å². The predicted octanol–water partition coefficient (Wildman–Crippen LogP) is 5.09. The number of rotatable bonds is 2. The second-order valence-corrected chi connectivity index (χ2v) is 5.15. The van der Waals surface area contributed by atoms with Gasteiger partial charge in [-0.15, -0.1) is 0 Å². The molecule has 0 fully saturated rings. The first-order chi connectivity index (χ1) is 8.06. The van der Waals surface area contributed by atoms with Crippen LogP contribution in [-0.2, 0) is 0 Å². The van der Waals surface area contributed by atoms with E-state index >= 15 is 0 Å². The Hall–Kier alpha value is -1.56.